The average molecular weight is 842 g/mol. The van der Waals surface area contributed by atoms with Crippen molar-refractivity contribution in [2.24, 2.45) is 0 Å². The molecule has 2 atom stereocenters. The molecule has 64 heavy (non-hydrogen) atoms. The number of benzene rings is 6. The van der Waals surface area contributed by atoms with Gasteiger partial charge in [-0.05, 0) is 140 Å². The van der Waals surface area contributed by atoms with Crippen molar-refractivity contribution >= 4 is 73.3 Å². The van der Waals surface area contributed by atoms with Gasteiger partial charge in [-0.3, -0.25) is 0 Å². The number of para-hydroxylation sites is 1. The van der Waals surface area contributed by atoms with E-state index in [-0.39, 0.29) is 39.3 Å². The maximum Gasteiger partial charge on any atom is 0.252 e. The molecule has 2 unspecified atom stereocenters. The summed E-state index contributed by atoms with van der Waals surface area (Å²) in [5.41, 5.74) is 21.8. The van der Waals surface area contributed by atoms with Crippen molar-refractivity contribution in [2.75, 3.05) is 9.80 Å². The summed E-state index contributed by atoms with van der Waals surface area (Å²) in [4.78, 5) is 5.43. The fraction of sp³-hybridized carbons (Fsp3) is 0.400. The Morgan fingerprint density at radius 1 is 0.516 bits per heavy atom. The van der Waals surface area contributed by atoms with Crippen LogP contribution in [0.3, 0.4) is 0 Å². The summed E-state index contributed by atoms with van der Waals surface area (Å²) in [5, 5.41) is 2.72. The van der Waals surface area contributed by atoms with E-state index in [4.69, 9.17) is 0 Å². The summed E-state index contributed by atoms with van der Waals surface area (Å²) in [5.74, 6) is 0. The molecule has 0 radical (unpaired) electrons. The summed E-state index contributed by atoms with van der Waals surface area (Å²) in [7, 11) is 0. The first kappa shape index (κ1) is 41.5. The van der Waals surface area contributed by atoms with Crippen LogP contribution in [0.1, 0.15) is 150 Å². The zero-order chi connectivity index (χ0) is 45.3. The van der Waals surface area contributed by atoms with Gasteiger partial charge in [0.15, 0.2) is 0 Å². The van der Waals surface area contributed by atoms with Crippen molar-refractivity contribution in [1.29, 1.82) is 0 Å². The molecule has 6 aromatic carbocycles. The van der Waals surface area contributed by atoms with Gasteiger partial charge in [0.1, 0.15) is 0 Å². The number of nitrogens with zero attached hydrogens (tertiary/aromatic N) is 3. The first-order valence-electron chi connectivity index (χ1n) is 24.3. The number of hydrogen-bond donors (Lipinski definition) is 0. The van der Waals surface area contributed by atoms with Crippen LogP contribution in [0.2, 0.25) is 0 Å². The Morgan fingerprint density at radius 3 is 1.66 bits per heavy atom. The normalized spacial score (nSPS) is 20.2. The summed E-state index contributed by atoms with van der Waals surface area (Å²) in [6.07, 6.45) is 4.90. The second-order valence-electron chi connectivity index (χ2n) is 24.7. The van der Waals surface area contributed by atoms with Gasteiger partial charge in [0.25, 0.3) is 6.71 Å². The van der Waals surface area contributed by atoms with Crippen LogP contribution < -0.4 is 26.2 Å². The van der Waals surface area contributed by atoms with E-state index in [1.807, 2.05) is 0 Å². The predicted octanol–water partition coefficient (Wildman–Crippen LogP) is 14.3. The fourth-order valence-electron chi connectivity index (χ4n) is 12.5. The molecule has 0 saturated heterocycles. The fourth-order valence-corrected chi connectivity index (χ4v) is 12.5. The SMILES string of the molecule is CC(C)(C)c1ccc(N(c2ccc(C(C)(C)C)cc2)c2cc3c4c(c2)-n2c5ccc(C(C)(C)C)cc5c5cc(C(C)(C)C)cc(c52)B4c2cccc4c2N3C2(C)CCCCC42C)cc1. The molecule has 0 spiro atoms. The van der Waals surface area contributed by atoms with E-state index >= 15 is 0 Å². The molecule has 1 fully saturated rings. The first-order chi connectivity index (χ1) is 30.0. The number of fused-ring (bicyclic) bond motifs is 10. The van der Waals surface area contributed by atoms with Gasteiger partial charge in [-0.2, -0.15) is 0 Å². The van der Waals surface area contributed by atoms with Crippen LogP contribution in [0.4, 0.5) is 28.4 Å². The topological polar surface area (TPSA) is 11.4 Å². The van der Waals surface area contributed by atoms with Crippen molar-refractivity contribution in [1.82, 2.24) is 4.57 Å². The number of hydrogen-bond acceptors (Lipinski definition) is 2. The zero-order valence-corrected chi connectivity index (χ0v) is 41.1. The van der Waals surface area contributed by atoms with Crippen molar-refractivity contribution in [2.45, 2.75) is 155 Å². The smallest absolute Gasteiger partial charge is 0.252 e. The Bertz CT molecular complexity index is 3010. The van der Waals surface area contributed by atoms with Gasteiger partial charge in [-0.1, -0.05) is 157 Å². The minimum atomic E-state index is -0.0716. The largest absolute Gasteiger partial charge is 0.335 e. The highest BCUT2D eigenvalue weighted by molar-refractivity contribution is 7.00. The zero-order valence-electron chi connectivity index (χ0n) is 41.1. The molecule has 4 heterocycles. The molecule has 0 N–H and O–H groups in total. The lowest BCUT2D eigenvalue weighted by atomic mass is 9.33. The van der Waals surface area contributed by atoms with E-state index in [9.17, 15) is 0 Å². The van der Waals surface area contributed by atoms with Crippen molar-refractivity contribution in [3.63, 3.8) is 0 Å². The molecule has 1 aliphatic carbocycles. The minimum Gasteiger partial charge on any atom is -0.335 e. The third-order valence-electron chi connectivity index (χ3n) is 16.5. The Morgan fingerprint density at radius 2 is 1.06 bits per heavy atom. The molecule has 3 nitrogen and oxygen atoms in total. The highest BCUT2D eigenvalue weighted by atomic mass is 15.3. The third kappa shape index (κ3) is 5.72. The van der Waals surface area contributed by atoms with Crippen LogP contribution >= 0.6 is 0 Å². The molecular weight excluding hydrogens is 773 g/mol. The Balaban J connectivity index is 1.29. The maximum atomic E-state index is 2.89. The molecule has 11 rings (SSSR count). The maximum absolute atomic E-state index is 2.89. The van der Waals surface area contributed by atoms with E-state index in [0.29, 0.717) is 0 Å². The highest BCUT2D eigenvalue weighted by Crippen LogP contribution is 2.62. The molecular formula is C60H68BN3. The van der Waals surface area contributed by atoms with Crippen molar-refractivity contribution < 1.29 is 0 Å². The molecule has 326 valence electrons. The molecule has 7 aromatic rings. The van der Waals surface area contributed by atoms with Crippen molar-refractivity contribution in [3.8, 4) is 5.69 Å². The first-order valence-corrected chi connectivity index (χ1v) is 24.3. The molecule has 0 bridgehead atoms. The number of rotatable bonds is 3. The standard InChI is InChI=1S/C60H68BN3/c1-55(2,3)37-20-25-41(26-21-37)62(42-27-22-38(23-28-42)56(4,5)6)43-35-50-52-51(36-43)64-54-46(59(13)30-15-16-31-60(59,64)14)18-17-19-47(54)61(52)48-34-40(58(10,11)12)33-45-44-32-39(57(7,8)9)24-29-49(44)63(50)53(45)48/h17-29,32-36H,15-16,30-31H2,1-14H3. The Labute approximate surface area is 384 Å². The lowest BCUT2D eigenvalue weighted by molar-refractivity contribution is 0.195. The van der Waals surface area contributed by atoms with Gasteiger partial charge in [0.2, 0.25) is 0 Å². The van der Waals surface area contributed by atoms with Gasteiger partial charge >= 0.3 is 0 Å². The van der Waals surface area contributed by atoms with Gasteiger partial charge < -0.3 is 14.4 Å². The second kappa shape index (κ2) is 13.2. The van der Waals surface area contributed by atoms with Crippen LogP contribution in [-0.2, 0) is 27.1 Å². The van der Waals surface area contributed by atoms with Crippen LogP contribution in [-0.4, -0.2) is 16.8 Å². The molecule has 3 aliphatic heterocycles. The minimum absolute atomic E-state index is 0.0193. The van der Waals surface area contributed by atoms with E-state index in [0.717, 1.165) is 0 Å². The number of aromatic nitrogens is 1. The van der Waals surface area contributed by atoms with E-state index in [2.05, 4.69) is 220 Å². The van der Waals surface area contributed by atoms with Crippen LogP contribution in [0.25, 0.3) is 27.5 Å². The summed E-state index contributed by atoms with van der Waals surface area (Å²) < 4.78 is 2.69. The van der Waals surface area contributed by atoms with Gasteiger partial charge in [0, 0.05) is 50.1 Å². The highest BCUT2D eigenvalue weighted by Gasteiger charge is 2.61. The number of anilines is 5. The Kier molecular flexibility index (Phi) is 8.56. The quantitative estimate of drug-likeness (QED) is 0.164. The average Bonchev–Trinajstić information content (AvgIpc) is 3.67. The monoisotopic (exact) mass is 842 g/mol. The van der Waals surface area contributed by atoms with Crippen molar-refractivity contribution in [3.05, 3.63) is 137 Å². The molecule has 1 aromatic heterocycles. The predicted molar refractivity (Wildman–Crippen MR) is 278 cm³/mol. The van der Waals surface area contributed by atoms with Crippen LogP contribution in [0.5, 0.6) is 0 Å². The third-order valence-corrected chi connectivity index (χ3v) is 16.5. The van der Waals surface area contributed by atoms with Crippen LogP contribution in [0.15, 0.2) is 109 Å². The van der Waals surface area contributed by atoms with E-state index in [1.165, 1.54) is 120 Å². The summed E-state index contributed by atoms with van der Waals surface area (Å²) in [6, 6.07) is 43.9. The molecule has 0 amide bonds. The molecule has 4 aliphatic rings. The Hall–Kier alpha value is -5.22. The molecule has 4 heteroatoms. The van der Waals surface area contributed by atoms with E-state index < -0.39 is 0 Å². The second-order valence-corrected chi connectivity index (χ2v) is 24.7. The lowest BCUT2D eigenvalue weighted by Gasteiger charge is -2.52. The van der Waals surface area contributed by atoms with Gasteiger partial charge in [-0.15, -0.1) is 0 Å². The lowest BCUT2D eigenvalue weighted by Crippen LogP contribution is -2.64. The van der Waals surface area contributed by atoms with Gasteiger partial charge in [0.05, 0.1) is 16.7 Å². The summed E-state index contributed by atoms with van der Waals surface area (Å²) in [6.45, 7) is 33.4. The van der Waals surface area contributed by atoms with E-state index in [1.54, 1.807) is 5.56 Å². The molecule has 1 saturated carbocycles. The summed E-state index contributed by atoms with van der Waals surface area (Å²) >= 11 is 0. The van der Waals surface area contributed by atoms with Gasteiger partial charge in [-0.25, -0.2) is 0 Å². The van der Waals surface area contributed by atoms with Crippen LogP contribution in [0, 0.1) is 0 Å².